The zero-order chi connectivity index (χ0) is 19.8. The summed E-state index contributed by atoms with van der Waals surface area (Å²) in [5.74, 6) is 1.75. The molecule has 8 heteroatoms. The second kappa shape index (κ2) is 10.1. The maximum atomic E-state index is 12.1. The maximum Gasteiger partial charge on any atom is 0.230 e. The molecule has 0 saturated carbocycles. The van der Waals surface area contributed by atoms with Gasteiger partial charge in [0.05, 0.1) is 12.3 Å². The highest BCUT2D eigenvalue weighted by Crippen LogP contribution is 2.24. The van der Waals surface area contributed by atoms with Crippen LogP contribution in [0.5, 0.6) is 5.75 Å². The molecular weight excluding hydrogens is 396 g/mol. The van der Waals surface area contributed by atoms with Gasteiger partial charge < -0.3 is 14.6 Å². The molecule has 6 nitrogen and oxygen atoms in total. The molecule has 2 aromatic carbocycles. The van der Waals surface area contributed by atoms with Crippen LogP contribution in [-0.2, 0) is 11.3 Å². The number of nitrogens with zero attached hydrogens (tertiary/aromatic N) is 3. The topological polar surface area (TPSA) is 69.0 Å². The predicted octanol–water partition coefficient (Wildman–Crippen LogP) is 3.91. The van der Waals surface area contributed by atoms with E-state index in [0.717, 1.165) is 17.1 Å². The van der Waals surface area contributed by atoms with Gasteiger partial charge in [-0.15, -0.1) is 10.2 Å². The molecule has 3 rings (SSSR count). The number of ether oxygens (including phenoxy) is 1. The minimum absolute atomic E-state index is 0.0691. The van der Waals surface area contributed by atoms with Gasteiger partial charge in [0.1, 0.15) is 12.4 Å². The van der Waals surface area contributed by atoms with Crippen LogP contribution in [0.4, 0.5) is 0 Å². The Morgan fingerprint density at radius 2 is 1.89 bits per heavy atom. The number of carbonyl (C=O) groups excluding carboxylic acids is 1. The molecule has 0 aliphatic rings. The zero-order valence-corrected chi connectivity index (χ0v) is 17.0. The summed E-state index contributed by atoms with van der Waals surface area (Å²) in [6.07, 6.45) is 0. The molecule has 0 aliphatic heterocycles. The number of benzene rings is 2. The lowest BCUT2D eigenvalue weighted by atomic mass is 10.2. The number of nitrogens with one attached hydrogen (secondary N) is 1. The third-order valence-corrected chi connectivity index (χ3v) is 5.12. The minimum atomic E-state index is -0.0691. The van der Waals surface area contributed by atoms with Crippen molar-refractivity contribution in [2.24, 2.45) is 0 Å². The van der Waals surface area contributed by atoms with E-state index in [-0.39, 0.29) is 11.7 Å². The molecule has 28 heavy (non-hydrogen) atoms. The van der Waals surface area contributed by atoms with Crippen molar-refractivity contribution in [3.8, 4) is 17.1 Å². The van der Waals surface area contributed by atoms with Crippen molar-refractivity contribution in [3.05, 3.63) is 59.6 Å². The lowest BCUT2D eigenvalue weighted by molar-refractivity contribution is -0.118. The van der Waals surface area contributed by atoms with Gasteiger partial charge in [0.25, 0.3) is 0 Å². The first-order valence-corrected chi connectivity index (χ1v) is 10.3. The van der Waals surface area contributed by atoms with E-state index in [4.69, 9.17) is 16.3 Å². The Balaban J connectivity index is 1.48. The molecule has 1 aromatic heterocycles. The summed E-state index contributed by atoms with van der Waals surface area (Å²) >= 11 is 7.31. The second-order valence-electron chi connectivity index (χ2n) is 5.86. The molecule has 3 aromatic rings. The van der Waals surface area contributed by atoms with Crippen molar-refractivity contribution in [2.75, 3.05) is 18.9 Å². The predicted molar refractivity (Wildman–Crippen MR) is 112 cm³/mol. The van der Waals surface area contributed by atoms with Crippen molar-refractivity contribution < 1.29 is 9.53 Å². The van der Waals surface area contributed by atoms with Crippen molar-refractivity contribution in [3.63, 3.8) is 0 Å². The Labute approximate surface area is 173 Å². The van der Waals surface area contributed by atoms with Crippen LogP contribution in [0.1, 0.15) is 6.92 Å². The third kappa shape index (κ3) is 5.50. The fourth-order valence-electron chi connectivity index (χ4n) is 2.55. The number of halogens is 1. The first-order valence-electron chi connectivity index (χ1n) is 8.94. The molecule has 0 radical (unpaired) electrons. The summed E-state index contributed by atoms with van der Waals surface area (Å²) in [7, 11) is 0. The van der Waals surface area contributed by atoms with E-state index in [2.05, 4.69) is 15.5 Å². The quantitative estimate of drug-likeness (QED) is 0.423. The molecule has 0 atom stereocenters. The highest BCUT2D eigenvalue weighted by atomic mass is 35.5. The van der Waals surface area contributed by atoms with Crippen molar-refractivity contribution in [1.29, 1.82) is 0 Å². The van der Waals surface area contributed by atoms with Gasteiger partial charge in [-0.05, 0) is 43.3 Å². The molecule has 0 bridgehead atoms. The van der Waals surface area contributed by atoms with Crippen LogP contribution < -0.4 is 10.1 Å². The van der Waals surface area contributed by atoms with Gasteiger partial charge in [-0.1, -0.05) is 41.6 Å². The molecule has 1 N–H and O–H groups in total. The number of thioether (sulfide) groups is 1. The highest BCUT2D eigenvalue weighted by molar-refractivity contribution is 7.99. The summed E-state index contributed by atoms with van der Waals surface area (Å²) in [6, 6.07) is 17.0. The average Bonchev–Trinajstić information content (AvgIpc) is 3.14. The molecule has 0 aliphatic carbocycles. The first kappa shape index (κ1) is 20.2. The van der Waals surface area contributed by atoms with Crippen molar-refractivity contribution >= 4 is 29.3 Å². The smallest absolute Gasteiger partial charge is 0.230 e. The van der Waals surface area contributed by atoms with Gasteiger partial charge >= 0.3 is 0 Å². The van der Waals surface area contributed by atoms with E-state index in [1.165, 1.54) is 11.8 Å². The third-order valence-electron chi connectivity index (χ3n) is 3.90. The number of aromatic nitrogens is 3. The fraction of sp³-hybridized carbons (Fsp3) is 0.250. The van der Waals surface area contributed by atoms with E-state index in [1.807, 2.05) is 66.1 Å². The van der Waals surface area contributed by atoms with E-state index in [9.17, 15) is 4.79 Å². The number of amides is 1. The highest BCUT2D eigenvalue weighted by Gasteiger charge is 2.14. The Kier molecular flexibility index (Phi) is 7.33. The van der Waals surface area contributed by atoms with Crippen molar-refractivity contribution in [2.45, 2.75) is 18.6 Å². The number of hydrogen-bond donors (Lipinski definition) is 1. The number of carbonyl (C=O) groups is 1. The van der Waals surface area contributed by atoms with Gasteiger partial charge in [-0.3, -0.25) is 4.79 Å². The van der Waals surface area contributed by atoms with Gasteiger partial charge in [0.2, 0.25) is 5.91 Å². The van der Waals surface area contributed by atoms with Gasteiger partial charge in [0.15, 0.2) is 11.0 Å². The van der Waals surface area contributed by atoms with Crippen molar-refractivity contribution in [1.82, 2.24) is 20.1 Å². The van der Waals surface area contributed by atoms with Crippen LogP contribution in [0.15, 0.2) is 59.8 Å². The van der Waals surface area contributed by atoms with E-state index < -0.39 is 0 Å². The zero-order valence-electron chi connectivity index (χ0n) is 15.5. The Morgan fingerprint density at radius 1 is 1.14 bits per heavy atom. The largest absolute Gasteiger partial charge is 0.492 e. The number of rotatable bonds is 9. The lowest BCUT2D eigenvalue weighted by Crippen LogP contribution is -2.29. The Bertz CT molecular complexity index is 900. The van der Waals surface area contributed by atoms with Crippen LogP contribution in [-0.4, -0.2) is 39.6 Å². The normalized spacial score (nSPS) is 10.6. The standard InChI is InChI=1S/C20H21ClN4O2S/c1-2-25-19(15-8-10-16(21)11-9-15)23-24-20(25)28-14-18(26)22-12-13-27-17-6-4-3-5-7-17/h3-11H,2,12-14H2,1H3,(H,22,26). The summed E-state index contributed by atoms with van der Waals surface area (Å²) in [5.41, 5.74) is 0.938. The van der Waals surface area contributed by atoms with Crippen LogP contribution in [0, 0.1) is 0 Å². The molecule has 1 amide bonds. The second-order valence-corrected chi connectivity index (χ2v) is 7.24. The fourth-order valence-corrected chi connectivity index (χ4v) is 3.51. The molecule has 1 heterocycles. The lowest BCUT2D eigenvalue weighted by Gasteiger charge is -2.09. The SMILES string of the molecule is CCn1c(SCC(=O)NCCOc2ccccc2)nnc1-c1ccc(Cl)cc1. The van der Waals surface area contributed by atoms with Crippen LogP contribution in [0.25, 0.3) is 11.4 Å². The number of hydrogen-bond acceptors (Lipinski definition) is 5. The first-order chi connectivity index (χ1) is 13.7. The number of para-hydroxylation sites is 1. The van der Waals surface area contributed by atoms with Crippen LogP contribution in [0.2, 0.25) is 5.02 Å². The molecule has 0 unspecified atom stereocenters. The molecule has 0 spiro atoms. The molecule has 146 valence electrons. The van der Waals surface area contributed by atoms with Crippen LogP contribution in [0.3, 0.4) is 0 Å². The Hall–Kier alpha value is -2.51. The molecule has 0 saturated heterocycles. The summed E-state index contributed by atoms with van der Waals surface area (Å²) < 4.78 is 7.54. The summed E-state index contributed by atoms with van der Waals surface area (Å²) in [4.78, 5) is 12.1. The summed E-state index contributed by atoms with van der Waals surface area (Å²) in [6.45, 7) is 3.60. The van der Waals surface area contributed by atoms with Crippen LogP contribution >= 0.6 is 23.4 Å². The molecule has 0 fully saturated rings. The van der Waals surface area contributed by atoms with Gasteiger partial charge in [-0.25, -0.2) is 0 Å². The monoisotopic (exact) mass is 416 g/mol. The minimum Gasteiger partial charge on any atom is -0.492 e. The Morgan fingerprint density at radius 3 is 2.61 bits per heavy atom. The van der Waals surface area contributed by atoms with E-state index >= 15 is 0 Å². The van der Waals surface area contributed by atoms with Gasteiger partial charge in [-0.2, -0.15) is 0 Å². The molecular formula is C20H21ClN4O2S. The van der Waals surface area contributed by atoms with Gasteiger partial charge in [0, 0.05) is 17.1 Å². The average molecular weight is 417 g/mol. The summed E-state index contributed by atoms with van der Waals surface area (Å²) in [5, 5.41) is 12.7. The maximum absolute atomic E-state index is 12.1. The van der Waals surface area contributed by atoms with E-state index in [1.54, 1.807) is 0 Å². The van der Waals surface area contributed by atoms with E-state index in [0.29, 0.717) is 29.9 Å².